The molecule has 0 aliphatic carbocycles. The highest BCUT2D eigenvalue weighted by Crippen LogP contribution is 2.09. The monoisotopic (exact) mass is 225 g/mol. The van der Waals surface area contributed by atoms with E-state index in [1.807, 2.05) is 6.20 Å². The second kappa shape index (κ2) is 6.60. The smallest absolute Gasteiger partial charge is 0.0967 e. The fourth-order valence-corrected chi connectivity index (χ4v) is 1.95. The molecule has 0 saturated heterocycles. The summed E-state index contributed by atoms with van der Waals surface area (Å²) in [4.78, 5) is 2.33. The van der Waals surface area contributed by atoms with Gasteiger partial charge in [-0.25, -0.2) is 0 Å². The van der Waals surface area contributed by atoms with Crippen LogP contribution >= 0.6 is 0 Å². The maximum Gasteiger partial charge on any atom is 0.0967 e. The van der Waals surface area contributed by atoms with Crippen LogP contribution in [0.25, 0.3) is 0 Å². The predicted molar refractivity (Wildman–Crippen MR) is 64.9 cm³/mol. The van der Waals surface area contributed by atoms with Crippen molar-refractivity contribution < 1.29 is 0 Å². The van der Waals surface area contributed by atoms with Crippen molar-refractivity contribution in [3.8, 4) is 0 Å². The van der Waals surface area contributed by atoms with Gasteiger partial charge in [0.1, 0.15) is 0 Å². The molecule has 0 unspecified atom stereocenters. The van der Waals surface area contributed by atoms with Crippen LogP contribution in [0.15, 0.2) is 6.20 Å². The Labute approximate surface area is 97.6 Å². The minimum Gasteiger partial charge on any atom is -0.329 e. The van der Waals surface area contributed by atoms with Gasteiger partial charge in [-0.05, 0) is 19.9 Å². The van der Waals surface area contributed by atoms with Crippen LogP contribution in [-0.2, 0) is 13.1 Å². The molecule has 2 N–H and O–H groups in total. The Kier molecular flexibility index (Phi) is 5.42. The van der Waals surface area contributed by atoms with E-state index in [2.05, 4.69) is 36.1 Å². The predicted octanol–water partition coefficient (Wildman–Crippen LogP) is 0.857. The summed E-state index contributed by atoms with van der Waals surface area (Å²) in [6.45, 7) is 6.63. The molecule has 0 fully saturated rings. The van der Waals surface area contributed by atoms with E-state index in [4.69, 9.17) is 5.73 Å². The van der Waals surface area contributed by atoms with Crippen molar-refractivity contribution in [2.24, 2.45) is 5.73 Å². The molecular formula is C11H23N5. The molecule has 5 nitrogen and oxygen atoms in total. The Morgan fingerprint density at radius 1 is 1.44 bits per heavy atom. The molecule has 16 heavy (non-hydrogen) atoms. The van der Waals surface area contributed by atoms with Gasteiger partial charge in [0.2, 0.25) is 0 Å². The van der Waals surface area contributed by atoms with E-state index < -0.39 is 0 Å². The van der Waals surface area contributed by atoms with Crippen molar-refractivity contribution in [1.82, 2.24) is 19.9 Å². The van der Waals surface area contributed by atoms with E-state index in [1.165, 1.54) is 12.8 Å². The molecule has 0 radical (unpaired) electrons. The number of nitrogens with zero attached hydrogens (tertiary/aromatic N) is 4. The molecule has 0 saturated carbocycles. The minimum absolute atomic E-state index is 0.602. The van der Waals surface area contributed by atoms with Gasteiger partial charge in [-0.15, -0.1) is 5.10 Å². The van der Waals surface area contributed by atoms with Crippen LogP contribution in [0, 0.1) is 0 Å². The Balaban J connectivity index is 2.51. The molecule has 0 atom stereocenters. The summed E-state index contributed by atoms with van der Waals surface area (Å²) in [7, 11) is 2.14. The first-order valence-corrected chi connectivity index (χ1v) is 6.00. The van der Waals surface area contributed by atoms with Crippen LogP contribution in [-0.4, -0.2) is 39.5 Å². The Hall–Kier alpha value is -0.940. The quantitative estimate of drug-likeness (QED) is 0.747. The maximum atomic E-state index is 5.46. The van der Waals surface area contributed by atoms with E-state index in [-0.39, 0.29) is 0 Å². The number of hydrogen-bond acceptors (Lipinski definition) is 4. The summed E-state index contributed by atoms with van der Waals surface area (Å²) in [6, 6.07) is 0.625. The van der Waals surface area contributed by atoms with Crippen molar-refractivity contribution in [3.63, 3.8) is 0 Å². The zero-order valence-electron chi connectivity index (χ0n) is 10.6. The lowest BCUT2D eigenvalue weighted by molar-refractivity contribution is 0.219. The highest BCUT2D eigenvalue weighted by atomic mass is 15.4. The Morgan fingerprint density at radius 3 is 2.69 bits per heavy atom. The second-order valence-corrected chi connectivity index (χ2v) is 4.15. The molecule has 1 aromatic rings. The first kappa shape index (κ1) is 13.1. The molecule has 0 aliphatic rings. The van der Waals surface area contributed by atoms with Gasteiger partial charge in [-0.3, -0.25) is 9.58 Å². The van der Waals surface area contributed by atoms with E-state index >= 15 is 0 Å². The lowest BCUT2D eigenvalue weighted by Crippen LogP contribution is -2.30. The van der Waals surface area contributed by atoms with Crippen LogP contribution in [0.3, 0.4) is 0 Å². The molecule has 1 aromatic heterocycles. The molecule has 0 spiro atoms. The van der Waals surface area contributed by atoms with Crippen LogP contribution in [0.2, 0.25) is 0 Å². The van der Waals surface area contributed by atoms with Crippen molar-refractivity contribution in [3.05, 3.63) is 11.9 Å². The van der Waals surface area contributed by atoms with Crippen molar-refractivity contribution in [2.75, 3.05) is 13.6 Å². The molecule has 1 rings (SSSR count). The minimum atomic E-state index is 0.602. The van der Waals surface area contributed by atoms with E-state index in [9.17, 15) is 0 Å². The second-order valence-electron chi connectivity index (χ2n) is 4.15. The van der Waals surface area contributed by atoms with Gasteiger partial charge in [0.05, 0.1) is 12.2 Å². The van der Waals surface area contributed by atoms with Crippen molar-refractivity contribution in [2.45, 2.75) is 45.8 Å². The molecule has 0 bridgehead atoms. The first-order chi connectivity index (χ1) is 7.71. The van der Waals surface area contributed by atoms with Crippen molar-refractivity contribution >= 4 is 0 Å². The summed E-state index contributed by atoms with van der Waals surface area (Å²) in [5, 5.41) is 8.17. The molecule has 1 heterocycles. The van der Waals surface area contributed by atoms with Crippen molar-refractivity contribution in [1.29, 1.82) is 0 Å². The third-order valence-electron chi connectivity index (χ3n) is 2.92. The summed E-state index contributed by atoms with van der Waals surface area (Å²) in [5.74, 6) is 0. The fraction of sp³-hybridized carbons (Fsp3) is 0.818. The standard InChI is InChI=1S/C11H23N5/c1-4-11(5-2)15(3)8-10-9-16(7-6-12)14-13-10/h9,11H,4-8,12H2,1-3H3. The maximum absolute atomic E-state index is 5.46. The van der Waals surface area contributed by atoms with Crippen LogP contribution < -0.4 is 5.73 Å². The molecule has 92 valence electrons. The Bertz CT molecular complexity index is 292. The van der Waals surface area contributed by atoms with E-state index in [0.29, 0.717) is 12.6 Å². The Morgan fingerprint density at radius 2 is 2.12 bits per heavy atom. The largest absolute Gasteiger partial charge is 0.329 e. The topological polar surface area (TPSA) is 60.0 Å². The molecule has 0 amide bonds. The zero-order valence-corrected chi connectivity index (χ0v) is 10.6. The van der Waals surface area contributed by atoms with Crippen LogP contribution in [0.5, 0.6) is 0 Å². The molecule has 0 aliphatic heterocycles. The van der Waals surface area contributed by atoms with Gasteiger partial charge in [0.25, 0.3) is 0 Å². The van der Waals surface area contributed by atoms with Gasteiger partial charge in [0.15, 0.2) is 0 Å². The summed E-state index contributed by atoms with van der Waals surface area (Å²) < 4.78 is 1.80. The first-order valence-electron chi connectivity index (χ1n) is 6.00. The average molecular weight is 225 g/mol. The zero-order chi connectivity index (χ0) is 12.0. The number of hydrogen-bond donors (Lipinski definition) is 1. The van der Waals surface area contributed by atoms with Crippen LogP contribution in [0.4, 0.5) is 0 Å². The fourth-order valence-electron chi connectivity index (χ4n) is 1.95. The molecule has 0 aromatic carbocycles. The van der Waals surface area contributed by atoms with Gasteiger partial charge < -0.3 is 5.73 Å². The average Bonchev–Trinajstić information content (AvgIpc) is 2.68. The highest BCUT2D eigenvalue weighted by Gasteiger charge is 2.12. The summed E-state index contributed by atoms with van der Waals surface area (Å²) in [6.07, 6.45) is 4.32. The normalized spacial score (nSPS) is 11.6. The number of nitrogens with two attached hydrogens (primary N) is 1. The van der Waals surface area contributed by atoms with Gasteiger partial charge in [-0.1, -0.05) is 19.1 Å². The third kappa shape index (κ3) is 3.57. The number of aromatic nitrogens is 3. The van der Waals surface area contributed by atoms with Crippen LogP contribution in [0.1, 0.15) is 32.4 Å². The van der Waals surface area contributed by atoms with E-state index in [0.717, 1.165) is 18.8 Å². The molecule has 5 heteroatoms. The van der Waals surface area contributed by atoms with Gasteiger partial charge >= 0.3 is 0 Å². The van der Waals surface area contributed by atoms with Gasteiger partial charge in [0, 0.05) is 25.3 Å². The highest BCUT2D eigenvalue weighted by molar-refractivity contribution is 4.92. The lowest BCUT2D eigenvalue weighted by Gasteiger charge is -2.24. The van der Waals surface area contributed by atoms with E-state index in [1.54, 1.807) is 4.68 Å². The summed E-state index contributed by atoms with van der Waals surface area (Å²) in [5.41, 5.74) is 6.48. The lowest BCUT2D eigenvalue weighted by atomic mass is 10.1. The SMILES string of the molecule is CCC(CC)N(C)Cc1cn(CCN)nn1. The summed E-state index contributed by atoms with van der Waals surface area (Å²) >= 11 is 0. The number of rotatable bonds is 7. The molecular weight excluding hydrogens is 202 g/mol. The van der Waals surface area contributed by atoms with Gasteiger partial charge in [-0.2, -0.15) is 0 Å². The third-order valence-corrected chi connectivity index (χ3v) is 2.92.